The highest BCUT2D eigenvalue weighted by Gasteiger charge is 2.40. The molecule has 1 saturated carbocycles. The van der Waals surface area contributed by atoms with Gasteiger partial charge in [0.15, 0.2) is 0 Å². The van der Waals surface area contributed by atoms with E-state index in [1.54, 1.807) is 0 Å². The van der Waals surface area contributed by atoms with Crippen LogP contribution in [0.5, 0.6) is 0 Å². The number of carbonyl (C=O) groups is 2. The first-order chi connectivity index (χ1) is 9.88. The zero-order valence-electron chi connectivity index (χ0n) is 13.3. The minimum Gasteiger partial charge on any atom is -0.351 e. The van der Waals surface area contributed by atoms with E-state index in [9.17, 15) is 9.59 Å². The molecule has 0 spiro atoms. The fourth-order valence-electron chi connectivity index (χ4n) is 3.62. The van der Waals surface area contributed by atoms with Crippen molar-refractivity contribution in [1.82, 2.24) is 15.5 Å². The Morgan fingerprint density at radius 3 is 2.57 bits per heavy atom. The summed E-state index contributed by atoms with van der Waals surface area (Å²) in [4.78, 5) is 25.5. The van der Waals surface area contributed by atoms with Crippen molar-refractivity contribution in [3.63, 3.8) is 0 Å². The number of nitrogens with one attached hydrogen (secondary N) is 2. The lowest BCUT2D eigenvalue weighted by molar-refractivity contribution is -0.133. The molecule has 6 nitrogen and oxygen atoms in total. The highest BCUT2D eigenvalue weighted by atomic mass is 16.2. The van der Waals surface area contributed by atoms with E-state index in [0.717, 1.165) is 25.7 Å². The number of carbonyl (C=O) groups excluding carboxylic acids is 2. The van der Waals surface area contributed by atoms with E-state index in [1.807, 2.05) is 4.90 Å². The zero-order chi connectivity index (χ0) is 15.6. The molecule has 1 heterocycles. The van der Waals surface area contributed by atoms with Crippen molar-refractivity contribution in [1.29, 1.82) is 0 Å². The summed E-state index contributed by atoms with van der Waals surface area (Å²) in [5, 5.41) is 6.57. The van der Waals surface area contributed by atoms with Gasteiger partial charge in [-0.2, -0.15) is 0 Å². The van der Waals surface area contributed by atoms with Gasteiger partial charge in [0.25, 0.3) is 0 Å². The van der Waals surface area contributed by atoms with Crippen LogP contribution >= 0.6 is 0 Å². The minimum absolute atomic E-state index is 0.0155. The molecule has 1 aliphatic heterocycles. The van der Waals surface area contributed by atoms with Crippen molar-refractivity contribution in [3.05, 3.63) is 0 Å². The average Bonchev–Trinajstić information content (AvgIpc) is 2.69. The first kappa shape index (κ1) is 16.2. The number of nitrogens with two attached hydrogens (primary N) is 1. The van der Waals surface area contributed by atoms with Gasteiger partial charge in [-0.25, -0.2) is 0 Å². The molecule has 2 aliphatic rings. The van der Waals surface area contributed by atoms with Crippen molar-refractivity contribution >= 4 is 11.8 Å². The fourth-order valence-corrected chi connectivity index (χ4v) is 3.62. The number of rotatable bonds is 4. The molecule has 0 aromatic rings. The Hall–Kier alpha value is -1.14. The average molecular weight is 296 g/mol. The van der Waals surface area contributed by atoms with Gasteiger partial charge in [0.05, 0.1) is 18.1 Å². The van der Waals surface area contributed by atoms with E-state index in [-0.39, 0.29) is 29.9 Å². The highest BCUT2D eigenvalue weighted by molar-refractivity contribution is 5.84. The number of amides is 2. The van der Waals surface area contributed by atoms with Crippen LogP contribution in [0.1, 0.15) is 46.5 Å². The maximum atomic E-state index is 12.2. The molecule has 4 atom stereocenters. The third-order valence-electron chi connectivity index (χ3n) is 4.45. The zero-order valence-corrected chi connectivity index (χ0v) is 13.3. The Kier molecular flexibility index (Phi) is 5.22. The van der Waals surface area contributed by atoms with E-state index in [1.165, 1.54) is 6.92 Å². The minimum atomic E-state index is -0.366. The van der Waals surface area contributed by atoms with E-state index in [0.29, 0.717) is 18.6 Å². The van der Waals surface area contributed by atoms with Crippen LogP contribution in [-0.4, -0.2) is 53.5 Å². The van der Waals surface area contributed by atoms with Gasteiger partial charge in [0.1, 0.15) is 0 Å². The second kappa shape index (κ2) is 6.75. The van der Waals surface area contributed by atoms with Crippen LogP contribution in [0, 0.1) is 0 Å². The van der Waals surface area contributed by atoms with Gasteiger partial charge < -0.3 is 21.3 Å². The van der Waals surface area contributed by atoms with Gasteiger partial charge in [-0.3, -0.25) is 9.59 Å². The lowest BCUT2D eigenvalue weighted by Crippen LogP contribution is -2.58. The van der Waals surface area contributed by atoms with Crippen LogP contribution in [0.2, 0.25) is 0 Å². The highest BCUT2D eigenvalue weighted by Crippen LogP contribution is 2.27. The summed E-state index contributed by atoms with van der Waals surface area (Å²) in [7, 11) is 0. The van der Waals surface area contributed by atoms with Gasteiger partial charge >= 0.3 is 0 Å². The standard InChI is InChI=1S/C15H28N4O2/c1-9(2)17-11-4-5-14(13(8-11)18-10(3)20)19-7-6-12(16)15(19)21/h9,11-14,17H,4-8,16H2,1-3H3,(H,18,20)/t11-,12?,13-,14+/m1/s1. The molecular formula is C15H28N4O2. The summed E-state index contributed by atoms with van der Waals surface area (Å²) in [6.45, 7) is 6.50. The van der Waals surface area contributed by atoms with Crippen molar-refractivity contribution < 1.29 is 9.59 Å². The molecular weight excluding hydrogens is 268 g/mol. The Bertz CT molecular complexity index is 399. The SMILES string of the molecule is CC(=O)N[C@@H]1C[C@H](NC(C)C)CC[C@@H]1N1CCC(N)C1=O. The van der Waals surface area contributed by atoms with Crippen LogP contribution < -0.4 is 16.4 Å². The molecule has 0 bridgehead atoms. The number of nitrogens with zero attached hydrogens (tertiary/aromatic N) is 1. The monoisotopic (exact) mass is 296 g/mol. The predicted molar refractivity (Wildman–Crippen MR) is 81.6 cm³/mol. The van der Waals surface area contributed by atoms with Gasteiger partial charge in [0, 0.05) is 25.6 Å². The molecule has 6 heteroatoms. The lowest BCUT2D eigenvalue weighted by atomic mass is 9.85. The molecule has 4 N–H and O–H groups in total. The number of hydrogen-bond acceptors (Lipinski definition) is 4. The van der Waals surface area contributed by atoms with Crippen LogP contribution in [0.25, 0.3) is 0 Å². The molecule has 1 saturated heterocycles. The predicted octanol–water partition coefficient (Wildman–Crippen LogP) is -0.0302. The molecule has 1 aliphatic carbocycles. The number of hydrogen-bond donors (Lipinski definition) is 3. The third-order valence-corrected chi connectivity index (χ3v) is 4.45. The van der Waals surface area contributed by atoms with Gasteiger partial charge in [-0.1, -0.05) is 13.8 Å². The Labute approximate surface area is 126 Å². The first-order valence-corrected chi connectivity index (χ1v) is 7.97. The summed E-state index contributed by atoms with van der Waals surface area (Å²) in [6.07, 6.45) is 3.52. The van der Waals surface area contributed by atoms with Gasteiger partial charge in [0.2, 0.25) is 11.8 Å². The van der Waals surface area contributed by atoms with Crippen LogP contribution in [0.15, 0.2) is 0 Å². The first-order valence-electron chi connectivity index (χ1n) is 7.97. The van der Waals surface area contributed by atoms with Crippen molar-refractivity contribution in [3.8, 4) is 0 Å². The molecule has 2 rings (SSSR count). The fraction of sp³-hybridized carbons (Fsp3) is 0.867. The molecule has 0 aromatic heterocycles. The maximum absolute atomic E-state index is 12.2. The van der Waals surface area contributed by atoms with E-state index in [4.69, 9.17) is 5.73 Å². The summed E-state index contributed by atoms with van der Waals surface area (Å²) < 4.78 is 0. The maximum Gasteiger partial charge on any atom is 0.239 e. The Morgan fingerprint density at radius 2 is 2.05 bits per heavy atom. The lowest BCUT2D eigenvalue weighted by Gasteiger charge is -2.42. The van der Waals surface area contributed by atoms with Gasteiger partial charge in [-0.15, -0.1) is 0 Å². The van der Waals surface area contributed by atoms with Crippen LogP contribution in [0.4, 0.5) is 0 Å². The molecule has 0 radical (unpaired) electrons. The van der Waals surface area contributed by atoms with Crippen LogP contribution in [0.3, 0.4) is 0 Å². The van der Waals surface area contributed by atoms with E-state index in [2.05, 4.69) is 24.5 Å². The molecule has 21 heavy (non-hydrogen) atoms. The van der Waals surface area contributed by atoms with E-state index >= 15 is 0 Å². The third kappa shape index (κ3) is 3.95. The Balaban J connectivity index is 2.05. The smallest absolute Gasteiger partial charge is 0.239 e. The van der Waals surface area contributed by atoms with Crippen molar-refractivity contribution in [2.24, 2.45) is 5.73 Å². The molecule has 2 amide bonds. The molecule has 0 aromatic carbocycles. The van der Waals surface area contributed by atoms with Crippen molar-refractivity contribution in [2.75, 3.05) is 6.54 Å². The largest absolute Gasteiger partial charge is 0.351 e. The molecule has 2 fully saturated rings. The normalized spacial score (nSPS) is 33.6. The van der Waals surface area contributed by atoms with Gasteiger partial charge in [-0.05, 0) is 25.7 Å². The van der Waals surface area contributed by atoms with E-state index < -0.39 is 0 Å². The number of likely N-dealkylation sites (tertiary alicyclic amines) is 1. The quantitative estimate of drug-likeness (QED) is 0.680. The second-order valence-electron chi connectivity index (χ2n) is 6.63. The molecule has 1 unspecified atom stereocenters. The second-order valence-corrected chi connectivity index (χ2v) is 6.63. The summed E-state index contributed by atoms with van der Waals surface area (Å²) in [5.74, 6) is -0.00300. The summed E-state index contributed by atoms with van der Waals surface area (Å²) in [6, 6.07) is 0.548. The summed E-state index contributed by atoms with van der Waals surface area (Å²) >= 11 is 0. The van der Waals surface area contributed by atoms with Crippen LogP contribution in [-0.2, 0) is 9.59 Å². The molecule has 120 valence electrons. The summed E-state index contributed by atoms with van der Waals surface area (Å²) in [5.41, 5.74) is 5.82. The Morgan fingerprint density at radius 1 is 1.33 bits per heavy atom. The topological polar surface area (TPSA) is 87.5 Å². The van der Waals surface area contributed by atoms with Crippen molar-refractivity contribution in [2.45, 2.75) is 76.7 Å².